The van der Waals surface area contributed by atoms with E-state index in [1.807, 2.05) is 30.3 Å². The van der Waals surface area contributed by atoms with Crippen molar-refractivity contribution in [3.05, 3.63) is 59.2 Å². The largest absolute Gasteiger partial charge is 0.482 e. The Kier molecular flexibility index (Phi) is 6.51. The van der Waals surface area contributed by atoms with Gasteiger partial charge >= 0.3 is 0 Å². The second kappa shape index (κ2) is 9.33. The lowest BCUT2D eigenvalue weighted by molar-refractivity contribution is -0.121. The molecule has 2 heterocycles. The maximum absolute atomic E-state index is 12.7. The lowest BCUT2D eigenvalue weighted by atomic mass is 9.86. The summed E-state index contributed by atoms with van der Waals surface area (Å²) in [7, 11) is 0. The smallest absolute Gasteiger partial charge is 0.265 e. The van der Waals surface area contributed by atoms with Crippen LogP contribution in [0.2, 0.25) is 0 Å². The van der Waals surface area contributed by atoms with E-state index < -0.39 is 0 Å². The van der Waals surface area contributed by atoms with Crippen molar-refractivity contribution in [3.8, 4) is 5.75 Å². The molecule has 0 unspecified atom stereocenters. The molecule has 0 aromatic heterocycles. The lowest BCUT2D eigenvalue weighted by Gasteiger charge is -2.31. The molecule has 0 radical (unpaired) electrons. The fourth-order valence-corrected chi connectivity index (χ4v) is 4.22. The number of likely N-dealkylation sites (tertiary alicyclic amines) is 1. The summed E-state index contributed by atoms with van der Waals surface area (Å²) in [5.74, 6) is 0.609. The average Bonchev–Trinajstić information content (AvgIpc) is 3.29. The number of carbonyl (C=O) groups is 2. The van der Waals surface area contributed by atoms with Crippen molar-refractivity contribution in [1.82, 2.24) is 10.2 Å². The molecule has 1 N–H and O–H groups in total. The van der Waals surface area contributed by atoms with Crippen molar-refractivity contribution in [2.75, 3.05) is 37.7 Å². The number of rotatable bonds is 6. The predicted octanol–water partition coefficient (Wildman–Crippen LogP) is 3.74. The van der Waals surface area contributed by atoms with Gasteiger partial charge in [-0.2, -0.15) is 0 Å². The van der Waals surface area contributed by atoms with Gasteiger partial charge in [0.15, 0.2) is 6.61 Å². The standard InChI is InChI=1S/C26H33N3O3/c1-26(2,3)21-10-11-23-22(16-21)29(24(30)18-32-23)17-19-6-8-20(9-7-19)25(31)27-12-15-28-13-4-5-14-28/h6-11,16H,4-5,12-15,17-18H2,1-3H3,(H,27,31). The molecule has 6 heteroatoms. The highest BCUT2D eigenvalue weighted by Crippen LogP contribution is 2.37. The number of hydrogen-bond donors (Lipinski definition) is 1. The van der Waals surface area contributed by atoms with Gasteiger partial charge < -0.3 is 19.9 Å². The summed E-state index contributed by atoms with van der Waals surface area (Å²) in [5.41, 5.74) is 3.54. The van der Waals surface area contributed by atoms with Gasteiger partial charge in [0.25, 0.3) is 11.8 Å². The van der Waals surface area contributed by atoms with Gasteiger partial charge in [-0.15, -0.1) is 0 Å². The van der Waals surface area contributed by atoms with E-state index >= 15 is 0 Å². The SMILES string of the molecule is CC(C)(C)c1ccc2c(c1)N(Cc1ccc(C(=O)NCCN3CCCC3)cc1)C(=O)CO2. The topological polar surface area (TPSA) is 61.9 Å². The number of amides is 2. The third-order valence-corrected chi connectivity index (χ3v) is 6.24. The van der Waals surface area contributed by atoms with E-state index in [2.05, 4.69) is 43.1 Å². The molecule has 2 aromatic carbocycles. The minimum absolute atomic E-state index is 0.0228. The molecular weight excluding hydrogens is 402 g/mol. The van der Waals surface area contributed by atoms with Crippen LogP contribution in [0.5, 0.6) is 5.75 Å². The first-order valence-electron chi connectivity index (χ1n) is 11.5. The van der Waals surface area contributed by atoms with Crippen LogP contribution in [-0.4, -0.2) is 49.5 Å². The molecule has 2 aliphatic rings. The molecule has 0 spiro atoms. The number of nitrogens with zero attached hydrogens (tertiary/aromatic N) is 2. The highest BCUT2D eigenvalue weighted by molar-refractivity contribution is 5.98. The van der Waals surface area contributed by atoms with Crippen LogP contribution in [-0.2, 0) is 16.8 Å². The Morgan fingerprint density at radius 2 is 1.78 bits per heavy atom. The molecule has 0 bridgehead atoms. The van der Waals surface area contributed by atoms with Crippen molar-refractivity contribution in [1.29, 1.82) is 0 Å². The summed E-state index contributed by atoms with van der Waals surface area (Å²) in [5, 5.41) is 3.01. The number of fused-ring (bicyclic) bond motifs is 1. The maximum atomic E-state index is 12.7. The number of benzene rings is 2. The van der Waals surface area contributed by atoms with E-state index in [0.717, 1.165) is 42.2 Å². The zero-order valence-electron chi connectivity index (χ0n) is 19.3. The van der Waals surface area contributed by atoms with E-state index in [1.165, 1.54) is 12.8 Å². The Hall–Kier alpha value is -2.86. The molecule has 1 fully saturated rings. The Morgan fingerprint density at radius 1 is 1.06 bits per heavy atom. The summed E-state index contributed by atoms with van der Waals surface area (Å²) < 4.78 is 5.65. The number of hydrogen-bond acceptors (Lipinski definition) is 4. The van der Waals surface area contributed by atoms with E-state index in [0.29, 0.717) is 18.7 Å². The van der Waals surface area contributed by atoms with Gasteiger partial charge in [0.05, 0.1) is 12.2 Å². The van der Waals surface area contributed by atoms with Crippen LogP contribution in [0.1, 0.15) is 55.1 Å². The Bertz CT molecular complexity index is 973. The second-order valence-electron chi connectivity index (χ2n) is 9.70. The zero-order valence-corrected chi connectivity index (χ0v) is 19.3. The average molecular weight is 436 g/mol. The highest BCUT2D eigenvalue weighted by Gasteiger charge is 2.27. The van der Waals surface area contributed by atoms with Gasteiger partial charge in [0, 0.05) is 18.7 Å². The maximum Gasteiger partial charge on any atom is 0.265 e. The first kappa shape index (κ1) is 22.3. The van der Waals surface area contributed by atoms with Crippen LogP contribution in [0, 0.1) is 0 Å². The third-order valence-electron chi connectivity index (χ3n) is 6.24. The molecule has 2 amide bonds. The first-order valence-corrected chi connectivity index (χ1v) is 11.5. The molecule has 0 atom stereocenters. The fraction of sp³-hybridized carbons (Fsp3) is 0.462. The van der Waals surface area contributed by atoms with Crippen molar-refractivity contribution >= 4 is 17.5 Å². The highest BCUT2D eigenvalue weighted by atomic mass is 16.5. The minimum atomic E-state index is -0.0627. The zero-order chi connectivity index (χ0) is 22.7. The fourth-order valence-electron chi connectivity index (χ4n) is 4.22. The number of nitrogens with one attached hydrogen (secondary N) is 1. The number of anilines is 1. The lowest BCUT2D eigenvalue weighted by Crippen LogP contribution is -2.38. The van der Waals surface area contributed by atoms with Crippen LogP contribution in [0.4, 0.5) is 5.69 Å². The number of ether oxygens (including phenoxy) is 1. The van der Waals surface area contributed by atoms with E-state index in [9.17, 15) is 9.59 Å². The molecule has 4 rings (SSSR count). The number of carbonyl (C=O) groups excluding carboxylic acids is 2. The molecular formula is C26H33N3O3. The molecule has 1 saturated heterocycles. The van der Waals surface area contributed by atoms with Crippen molar-refractivity contribution in [3.63, 3.8) is 0 Å². The summed E-state index contributed by atoms with van der Waals surface area (Å²) in [6.45, 7) is 10.8. The Labute approximate surface area is 190 Å². The van der Waals surface area contributed by atoms with E-state index in [4.69, 9.17) is 4.74 Å². The molecule has 0 saturated carbocycles. The van der Waals surface area contributed by atoms with Gasteiger partial charge in [-0.05, 0) is 66.7 Å². The molecule has 0 aliphatic carbocycles. The molecule has 2 aromatic rings. The summed E-state index contributed by atoms with van der Waals surface area (Å²) in [6.07, 6.45) is 2.51. The monoisotopic (exact) mass is 435 g/mol. The first-order chi connectivity index (χ1) is 15.3. The van der Waals surface area contributed by atoms with Crippen molar-refractivity contribution < 1.29 is 14.3 Å². The van der Waals surface area contributed by atoms with Crippen LogP contribution >= 0.6 is 0 Å². The predicted molar refractivity (Wildman–Crippen MR) is 126 cm³/mol. The summed E-state index contributed by atoms with van der Waals surface area (Å²) in [4.78, 5) is 29.3. The Morgan fingerprint density at radius 3 is 2.47 bits per heavy atom. The van der Waals surface area contributed by atoms with Crippen LogP contribution in [0.15, 0.2) is 42.5 Å². The molecule has 6 nitrogen and oxygen atoms in total. The summed E-state index contributed by atoms with van der Waals surface area (Å²) >= 11 is 0. The van der Waals surface area contributed by atoms with Gasteiger partial charge in [-0.25, -0.2) is 0 Å². The van der Waals surface area contributed by atoms with Crippen molar-refractivity contribution in [2.45, 2.75) is 45.6 Å². The van der Waals surface area contributed by atoms with Crippen LogP contribution in [0.3, 0.4) is 0 Å². The quantitative estimate of drug-likeness (QED) is 0.751. The van der Waals surface area contributed by atoms with E-state index in [1.54, 1.807) is 4.90 Å². The summed E-state index contributed by atoms with van der Waals surface area (Å²) in [6, 6.07) is 13.6. The molecule has 2 aliphatic heterocycles. The van der Waals surface area contributed by atoms with Gasteiger partial charge in [0.1, 0.15) is 5.75 Å². The Balaban J connectivity index is 1.42. The van der Waals surface area contributed by atoms with Crippen LogP contribution in [0.25, 0.3) is 0 Å². The normalized spacial score (nSPS) is 16.6. The van der Waals surface area contributed by atoms with Gasteiger partial charge in [-0.3, -0.25) is 9.59 Å². The molecule has 170 valence electrons. The second-order valence-corrected chi connectivity index (χ2v) is 9.70. The van der Waals surface area contributed by atoms with Gasteiger partial charge in [-0.1, -0.05) is 39.0 Å². The molecule has 32 heavy (non-hydrogen) atoms. The van der Waals surface area contributed by atoms with E-state index in [-0.39, 0.29) is 23.8 Å². The van der Waals surface area contributed by atoms with Crippen molar-refractivity contribution in [2.24, 2.45) is 0 Å². The third kappa shape index (κ3) is 5.13. The minimum Gasteiger partial charge on any atom is -0.482 e. The van der Waals surface area contributed by atoms with Gasteiger partial charge in [0.2, 0.25) is 0 Å². The van der Waals surface area contributed by atoms with Crippen LogP contribution < -0.4 is 15.0 Å².